The number of nitrogens with two attached hydrogens (primary N) is 1. The van der Waals surface area contributed by atoms with Gasteiger partial charge in [0.25, 0.3) is 0 Å². The van der Waals surface area contributed by atoms with Crippen LogP contribution in [0.3, 0.4) is 0 Å². The van der Waals surface area contributed by atoms with E-state index in [1.165, 1.54) is 0 Å². The van der Waals surface area contributed by atoms with Gasteiger partial charge in [-0.05, 0) is 15.9 Å². The molecule has 0 aromatic carbocycles. The topological polar surface area (TPSA) is 308 Å². The van der Waals surface area contributed by atoms with Gasteiger partial charge >= 0.3 is 29.6 Å². The second kappa shape index (κ2) is 9.96. The molecule has 2 rings (SSSR count). The van der Waals surface area contributed by atoms with E-state index in [0.717, 1.165) is 12.3 Å². The molecule has 0 radical (unpaired) electrons. The summed E-state index contributed by atoms with van der Waals surface area (Å²) in [5.74, 6) is -0.173. The zero-order chi connectivity index (χ0) is 24.3. The van der Waals surface area contributed by atoms with E-state index in [9.17, 15) is 33.6 Å². The summed E-state index contributed by atoms with van der Waals surface area (Å²) in [6.07, 6.45) is -4.70. The molecule has 0 spiro atoms. The number of ether oxygens (including phenoxy) is 1. The molecule has 0 bridgehead atoms. The van der Waals surface area contributed by atoms with Crippen molar-refractivity contribution in [3.05, 3.63) is 33.2 Å². The Bertz CT molecular complexity index is 1080. The molecule has 2 heterocycles. The van der Waals surface area contributed by atoms with E-state index in [2.05, 4.69) is 32.8 Å². The molecule has 7 N–H and O–H groups in total. The lowest BCUT2D eigenvalue weighted by atomic mass is 10.1. The number of rotatable bonds is 10. The lowest BCUT2D eigenvalue weighted by Crippen LogP contribution is -2.44. The molecule has 7 atom stereocenters. The number of aromatic nitrogens is 2. The van der Waals surface area contributed by atoms with E-state index in [0.29, 0.717) is 4.57 Å². The summed E-state index contributed by atoms with van der Waals surface area (Å²) in [7, 11) is -14.8. The van der Waals surface area contributed by atoms with Crippen molar-refractivity contribution in [3.63, 3.8) is 0 Å². The molecule has 3 unspecified atom stereocenters. The predicted octanol–water partition coefficient (Wildman–Crippen LogP) is -0.520. The zero-order valence-corrected chi connectivity index (χ0v) is 17.8. The maximum Gasteiger partial charge on any atom is 0.708 e. The highest BCUT2D eigenvalue weighted by molar-refractivity contribution is 7.64. The number of nitrogens with zero attached hydrogens (tertiary/aromatic N) is 5. The van der Waals surface area contributed by atoms with Crippen molar-refractivity contribution < 1.29 is 61.5 Å². The van der Waals surface area contributed by atoms with E-state index >= 15 is 0 Å². The molecule has 1 aliphatic heterocycles. The molecule has 0 aliphatic carbocycles. The van der Waals surface area contributed by atoms with Crippen LogP contribution in [0.25, 0.3) is 10.4 Å². The Hall–Kier alpha value is -1.85. The summed E-state index contributed by atoms with van der Waals surface area (Å²) in [4.78, 5) is 35.7. The van der Waals surface area contributed by atoms with Gasteiger partial charge in [0.1, 0.15) is 24.6 Å². The lowest BCUT2D eigenvalue weighted by Gasteiger charge is -2.23. The van der Waals surface area contributed by atoms with Crippen LogP contribution >= 0.6 is 23.9 Å². The number of aliphatic hydroxyl groups is 2. The first-order valence-corrected chi connectivity index (χ1v) is 11.8. The monoisotopic (exact) mass is 523 g/mol. The predicted molar refractivity (Wildman–Crippen MR) is 96.0 cm³/mol. The Labute approximate surface area is 176 Å². The Balaban J connectivity index is 2.19. The first kappa shape index (κ1) is 26.4. The standard InChI is InChI=1S/C9H13N6O14P3/c10-4-1-2-15(8(18)12-4)7-5(16)6(17)9(26-7,13-14-11)3-25-30(20)28-32(23,24)29-31(21,22)27-19/h1-2,5-7,16-17H,3H2,(H4-,10,12,18,19,21,22,23,24)/p+1/t5-,6-,7+,9+/m0/s1. The van der Waals surface area contributed by atoms with E-state index in [-0.39, 0.29) is 5.82 Å². The normalized spacial score (nSPS) is 29.5. The lowest BCUT2D eigenvalue weighted by molar-refractivity contribution is -0.157. The fraction of sp³-hybridized carbons (Fsp3) is 0.556. The maximum atomic E-state index is 12.0. The molecule has 1 aliphatic rings. The molecule has 0 saturated carbocycles. The van der Waals surface area contributed by atoms with Crippen molar-refractivity contribution in [2.45, 2.75) is 24.2 Å². The van der Waals surface area contributed by atoms with E-state index in [1.54, 1.807) is 0 Å². The molecule has 20 nitrogen and oxygen atoms in total. The minimum atomic E-state index is -5.61. The Kier molecular flexibility index (Phi) is 8.22. The number of aliphatic hydroxyl groups excluding tert-OH is 2. The highest BCUT2D eigenvalue weighted by Gasteiger charge is 2.57. The summed E-state index contributed by atoms with van der Waals surface area (Å²) in [6.45, 7) is -1.20. The molecule has 23 heteroatoms. The molecular weight excluding hydrogens is 509 g/mol. The second-order valence-electron chi connectivity index (χ2n) is 5.70. The van der Waals surface area contributed by atoms with Gasteiger partial charge in [0.05, 0.1) is 0 Å². The van der Waals surface area contributed by atoms with Gasteiger partial charge in [-0.15, -0.1) is 9.20 Å². The highest BCUT2D eigenvalue weighted by atomic mass is 31.3. The van der Waals surface area contributed by atoms with Crippen molar-refractivity contribution in [1.82, 2.24) is 9.55 Å². The van der Waals surface area contributed by atoms with E-state index < -0.39 is 60.4 Å². The Morgan fingerprint density at radius 1 is 1.41 bits per heavy atom. The van der Waals surface area contributed by atoms with Crippen LogP contribution in [-0.2, 0) is 36.3 Å². The fourth-order valence-electron chi connectivity index (χ4n) is 2.33. The van der Waals surface area contributed by atoms with Gasteiger partial charge < -0.3 is 25.6 Å². The fourth-order valence-corrected chi connectivity index (χ4v) is 5.03. The molecule has 1 aromatic heterocycles. The SMILES string of the molecule is [N-]=[N+]=N[C@]1(CO[P+](=O)OP(=O)(O)OP(=O)(O)OO)O[C@@H](n2ccc(N)nc2=O)[C@@H](O)[C@@H]1O. The van der Waals surface area contributed by atoms with E-state index in [4.69, 9.17) is 26.2 Å². The minimum absolute atomic E-state index is 0.173. The van der Waals surface area contributed by atoms with Gasteiger partial charge in [0.2, 0.25) is 5.72 Å². The van der Waals surface area contributed by atoms with Crippen molar-refractivity contribution in [2.75, 3.05) is 12.3 Å². The minimum Gasteiger partial charge on any atom is -0.387 e. The third kappa shape index (κ3) is 6.14. The van der Waals surface area contributed by atoms with Crippen LogP contribution in [-0.4, -0.2) is 59.3 Å². The average Bonchev–Trinajstić information content (AvgIpc) is 2.91. The quantitative estimate of drug-likeness (QED) is 0.0561. The van der Waals surface area contributed by atoms with Crippen LogP contribution in [0, 0.1) is 0 Å². The zero-order valence-electron chi connectivity index (χ0n) is 15.2. The summed E-state index contributed by atoms with van der Waals surface area (Å²) in [5.41, 5.74) is 10.6. The second-order valence-corrected chi connectivity index (χ2v) is 9.75. The van der Waals surface area contributed by atoms with Gasteiger partial charge in [-0.2, -0.15) is 9.29 Å². The number of phosphoric acid groups is 2. The van der Waals surface area contributed by atoms with Crippen LogP contribution in [0.2, 0.25) is 0 Å². The highest BCUT2D eigenvalue weighted by Crippen LogP contribution is 2.63. The van der Waals surface area contributed by atoms with Crippen molar-refractivity contribution in [2.24, 2.45) is 5.11 Å². The molecule has 32 heavy (non-hydrogen) atoms. The third-order valence-electron chi connectivity index (χ3n) is 3.60. The van der Waals surface area contributed by atoms with Crippen LogP contribution < -0.4 is 11.4 Å². The molecule has 0 amide bonds. The molecular formula is C9H14N6O14P3+. The summed E-state index contributed by atoms with van der Waals surface area (Å²) in [6, 6.07) is 1.15. The van der Waals surface area contributed by atoms with Gasteiger partial charge in [-0.25, -0.2) is 19.2 Å². The van der Waals surface area contributed by atoms with Crippen LogP contribution in [0.4, 0.5) is 5.82 Å². The number of nitrogen functional groups attached to an aromatic ring is 1. The average molecular weight is 523 g/mol. The van der Waals surface area contributed by atoms with E-state index in [1.807, 2.05) is 0 Å². The van der Waals surface area contributed by atoms with Crippen LogP contribution in [0.5, 0.6) is 0 Å². The van der Waals surface area contributed by atoms with Crippen molar-refractivity contribution in [1.29, 1.82) is 0 Å². The van der Waals surface area contributed by atoms with Crippen molar-refractivity contribution >= 4 is 29.7 Å². The Morgan fingerprint density at radius 3 is 2.62 bits per heavy atom. The number of azide groups is 1. The van der Waals surface area contributed by atoms with Gasteiger partial charge in [0, 0.05) is 15.7 Å². The first-order chi connectivity index (χ1) is 14.8. The molecule has 1 saturated heterocycles. The first-order valence-electron chi connectivity index (χ1n) is 7.71. The number of hydrogen-bond donors (Lipinski definition) is 6. The van der Waals surface area contributed by atoms with Gasteiger partial charge in [0.15, 0.2) is 6.23 Å². The summed E-state index contributed by atoms with van der Waals surface area (Å²) < 4.78 is 55.0. The molecule has 178 valence electrons. The number of anilines is 1. The van der Waals surface area contributed by atoms with Crippen LogP contribution in [0.1, 0.15) is 6.23 Å². The molecule has 1 fully saturated rings. The maximum absolute atomic E-state index is 12.0. The van der Waals surface area contributed by atoms with Gasteiger partial charge in [-0.3, -0.25) is 9.46 Å². The van der Waals surface area contributed by atoms with Crippen molar-refractivity contribution in [3.8, 4) is 0 Å². The number of hydrogen-bond acceptors (Lipinski definition) is 15. The summed E-state index contributed by atoms with van der Waals surface area (Å²) >= 11 is 0. The smallest absolute Gasteiger partial charge is 0.387 e. The Morgan fingerprint density at radius 2 is 2.06 bits per heavy atom. The van der Waals surface area contributed by atoms with Crippen LogP contribution in [0.15, 0.2) is 22.2 Å². The largest absolute Gasteiger partial charge is 0.708 e. The summed E-state index contributed by atoms with van der Waals surface area (Å²) in [5, 5.41) is 31.7. The van der Waals surface area contributed by atoms with Gasteiger partial charge in [-0.1, -0.05) is 5.11 Å². The third-order valence-corrected chi connectivity index (χ3v) is 7.15. The molecule has 1 aromatic rings.